The van der Waals surface area contributed by atoms with Crippen LogP contribution in [-0.4, -0.2) is 47.3 Å². The maximum atomic E-state index is 13.7. The summed E-state index contributed by atoms with van der Waals surface area (Å²) < 4.78 is 90.2. The molecule has 0 radical (unpaired) electrons. The van der Waals surface area contributed by atoms with Crippen LogP contribution in [0.25, 0.3) is 22.2 Å². The maximum absolute atomic E-state index is 13.7. The third-order valence-electron chi connectivity index (χ3n) is 7.29. The number of amides is 1. The number of nitrogens with zero attached hydrogens (tertiary/aromatic N) is 3. The van der Waals surface area contributed by atoms with Gasteiger partial charge in [0.25, 0.3) is 5.56 Å². The summed E-state index contributed by atoms with van der Waals surface area (Å²) in [4.78, 5) is 30.7. The van der Waals surface area contributed by atoms with Crippen LogP contribution in [0.15, 0.2) is 58.1 Å². The number of nitrogens with one attached hydrogen (secondary N) is 1. The Morgan fingerprint density at radius 3 is 2.41 bits per heavy atom. The molecular formula is C31H33BrF6N4O3Si. The zero-order valence-electron chi connectivity index (χ0n) is 25.5. The Kier molecular flexibility index (Phi) is 10.9. The molecule has 0 spiro atoms. The Hall–Kier alpha value is -3.43. The van der Waals surface area contributed by atoms with E-state index in [4.69, 9.17) is 4.74 Å². The van der Waals surface area contributed by atoms with Crippen LogP contribution in [-0.2, 0) is 29.7 Å². The normalized spacial score (nSPS) is 13.0. The van der Waals surface area contributed by atoms with Gasteiger partial charge in [-0.05, 0) is 51.8 Å². The van der Waals surface area contributed by atoms with Gasteiger partial charge in [0.15, 0.2) is 0 Å². The number of benzene rings is 1. The molecule has 46 heavy (non-hydrogen) atoms. The number of carbonyl (C=O) groups is 1. The van der Waals surface area contributed by atoms with Crippen LogP contribution in [0.4, 0.5) is 32.2 Å². The number of alkyl halides is 5. The number of aryl methyl sites for hydroxylation is 1. The van der Waals surface area contributed by atoms with Crippen LogP contribution in [0.1, 0.15) is 23.5 Å². The lowest BCUT2D eigenvalue weighted by Crippen LogP contribution is -2.23. The predicted molar refractivity (Wildman–Crippen MR) is 170 cm³/mol. The second-order valence-corrected chi connectivity index (χ2v) is 18.6. The molecule has 1 N–H and O–H groups in total. The molecule has 4 aromatic rings. The SMILES string of the molecule is Cn1cc(CC(F)(F)F)c2c(c(Br)c(-c3ccnc(NC(=O)[C@H](CC(F)F)c4ccc(F)cc4)c3)n2COCC[Si](C)(C)C)c1=O. The van der Waals surface area contributed by atoms with E-state index in [1.54, 1.807) is 0 Å². The second kappa shape index (κ2) is 14.1. The number of hydrogen-bond donors (Lipinski definition) is 1. The molecule has 15 heteroatoms. The molecule has 3 aromatic heterocycles. The van der Waals surface area contributed by atoms with Gasteiger partial charge in [-0.3, -0.25) is 9.59 Å². The minimum Gasteiger partial charge on any atom is -0.361 e. The molecule has 0 aliphatic heterocycles. The molecule has 4 rings (SSSR count). The topological polar surface area (TPSA) is 78.2 Å². The van der Waals surface area contributed by atoms with Crippen molar-refractivity contribution in [3.05, 3.63) is 80.6 Å². The fourth-order valence-electron chi connectivity index (χ4n) is 5.07. The smallest absolute Gasteiger partial charge is 0.361 e. The van der Waals surface area contributed by atoms with Crippen LogP contribution in [0.2, 0.25) is 25.7 Å². The van der Waals surface area contributed by atoms with E-state index >= 15 is 0 Å². The number of carbonyl (C=O) groups excluding carboxylic acids is 1. The van der Waals surface area contributed by atoms with Gasteiger partial charge in [-0.2, -0.15) is 13.2 Å². The highest BCUT2D eigenvalue weighted by molar-refractivity contribution is 9.10. The van der Waals surface area contributed by atoms with Crippen LogP contribution >= 0.6 is 15.9 Å². The Labute approximate surface area is 270 Å². The Balaban J connectivity index is 1.81. The van der Waals surface area contributed by atoms with Crippen LogP contribution in [0.5, 0.6) is 0 Å². The standard InChI is InChI=1S/C31H33BrF6N4O3Si/c1-41-16-20(15-31(36,37)38)27-25(30(41)44)26(32)28(42(27)17-45-11-12-46(2,3)4)19-9-10-39-24(13-19)40-29(43)22(14-23(34)35)18-5-7-21(33)8-6-18/h5-10,13,16,22-23H,11-12,14-15,17H2,1-4H3,(H,39,40,43)/t22-/m1/s1. The first-order chi connectivity index (χ1) is 21.4. The summed E-state index contributed by atoms with van der Waals surface area (Å²) in [6.07, 6.45) is -7.03. The zero-order valence-corrected chi connectivity index (χ0v) is 28.1. The quantitative estimate of drug-likeness (QED) is 0.0908. The lowest BCUT2D eigenvalue weighted by molar-refractivity contribution is -0.127. The molecule has 0 fully saturated rings. The van der Waals surface area contributed by atoms with Crippen LogP contribution in [0.3, 0.4) is 0 Å². The van der Waals surface area contributed by atoms with Gasteiger partial charge < -0.3 is 19.2 Å². The highest BCUT2D eigenvalue weighted by Crippen LogP contribution is 2.39. The first-order valence-electron chi connectivity index (χ1n) is 14.3. The summed E-state index contributed by atoms with van der Waals surface area (Å²) in [5.41, 5.74) is 0.214. The van der Waals surface area contributed by atoms with Gasteiger partial charge in [0.2, 0.25) is 12.3 Å². The van der Waals surface area contributed by atoms with Crippen LogP contribution in [0, 0.1) is 5.82 Å². The molecular weight excluding hydrogens is 698 g/mol. The first-order valence-corrected chi connectivity index (χ1v) is 18.8. The summed E-state index contributed by atoms with van der Waals surface area (Å²) in [6.45, 7) is 6.64. The van der Waals surface area contributed by atoms with Crippen molar-refractivity contribution in [2.24, 2.45) is 7.05 Å². The number of pyridine rings is 2. The molecule has 0 aliphatic carbocycles. The summed E-state index contributed by atoms with van der Waals surface area (Å²) in [5, 5.41) is 2.55. The summed E-state index contributed by atoms with van der Waals surface area (Å²) >= 11 is 3.46. The van der Waals surface area contributed by atoms with E-state index < -0.39 is 56.7 Å². The van der Waals surface area contributed by atoms with Crippen molar-refractivity contribution in [2.75, 3.05) is 11.9 Å². The highest BCUT2D eigenvalue weighted by atomic mass is 79.9. The fourth-order valence-corrected chi connectivity index (χ4v) is 6.62. The summed E-state index contributed by atoms with van der Waals surface area (Å²) in [7, 11) is -0.143. The van der Waals surface area contributed by atoms with E-state index in [1.165, 1.54) is 42.1 Å². The second-order valence-electron chi connectivity index (χ2n) is 12.2. The van der Waals surface area contributed by atoms with E-state index in [1.807, 2.05) is 0 Å². The van der Waals surface area contributed by atoms with Gasteiger partial charge in [0.05, 0.1) is 33.4 Å². The van der Waals surface area contributed by atoms with Gasteiger partial charge in [0, 0.05) is 51.7 Å². The minimum absolute atomic E-state index is 0.0174. The monoisotopic (exact) mass is 730 g/mol. The number of hydrogen-bond acceptors (Lipinski definition) is 4. The fraction of sp³-hybridized carbons (Fsp3) is 0.387. The Bertz CT molecular complexity index is 1770. The van der Waals surface area contributed by atoms with Crippen molar-refractivity contribution < 1.29 is 35.9 Å². The van der Waals surface area contributed by atoms with Gasteiger partial charge in [-0.25, -0.2) is 18.2 Å². The third kappa shape index (κ3) is 8.67. The van der Waals surface area contributed by atoms with Crippen molar-refractivity contribution in [1.82, 2.24) is 14.1 Å². The van der Waals surface area contributed by atoms with Gasteiger partial charge in [0.1, 0.15) is 18.4 Å². The van der Waals surface area contributed by atoms with Gasteiger partial charge in [-0.15, -0.1) is 0 Å². The predicted octanol–water partition coefficient (Wildman–Crippen LogP) is 8.10. The maximum Gasteiger partial charge on any atom is 0.393 e. The number of ether oxygens (including phenoxy) is 1. The molecule has 0 saturated heterocycles. The number of aromatic nitrogens is 3. The molecule has 0 bridgehead atoms. The van der Waals surface area contributed by atoms with Crippen LogP contribution < -0.4 is 10.9 Å². The first kappa shape index (κ1) is 35.4. The molecule has 1 amide bonds. The Morgan fingerprint density at radius 2 is 1.80 bits per heavy atom. The molecule has 7 nitrogen and oxygen atoms in total. The van der Waals surface area contributed by atoms with Crippen molar-refractivity contribution in [3.63, 3.8) is 0 Å². The van der Waals surface area contributed by atoms with Crippen molar-refractivity contribution in [1.29, 1.82) is 0 Å². The zero-order chi connectivity index (χ0) is 34.0. The van der Waals surface area contributed by atoms with Crippen molar-refractivity contribution in [2.45, 2.75) is 63.8 Å². The number of halogens is 7. The molecule has 1 atom stereocenters. The molecule has 0 unspecified atom stereocenters. The average molecular weight is 732 g/mol. The lowest BCUT2D eigenvalue weighted by atomic mass is 9.95. The lowest BCUT2D eigenvalue weighted by Gasteiger charge is -2.19. The number of rotatable bonds is 12. The van der Waals surface area contributed by atoms with Gasteiger partial charge in [-0.1, -0.05) is 31.8 Å². The highest BCUT2D eigenvalue weighted by Gasteiger charge is 2.32. The molecule has 3 heterocycles. The summed E-state index contributed by atoms with van der Waals surface area (Å²) in [5.74, 6) is -2.76. The van der Waals surface area contributed by atoms with E-state index in [9.17, 15) is 35.9 Å². The summed E-state index contributed by atoms with van der Waals surface area (Å²) in [6, 6.07) is 8.40. The largest absolute Gasteiger partial charge is 0.393 e. The van der Waals surface area contributed by atoms with E-state index in [2.05, 4.69) is 45.9 Å². The van der Waals surface area contributed by atoms with Crippen molar-refractivity contribution >= 4 is 46.6 Å². The average Bonchev–Trinajstić information content (AvgIpc) is 3.24. The minimum atomic E-state index is -4.57. The number of anilines is 1. The van der Waals surface area contributed by atoms with Gasteiger partial charge >= 0.3 is 6.18 Å². The molecule has 1 aromatic carbocycles. The Morgan fingerprint density at radius 1 is 1.13 bits per heavy atom. The number of fused-ring (bicyclic) bond motifs is 1. The third-order valence-corrected chi connectivity index (χ3v) is 9.76. The molecule has 248 valence electrons. The van der Waals surface area contributed by atoms with E-state index in [-0.39, 0.29) is 39.1 Å². The van der Waals surface area contributed by atoms with Crippen molar-refractivity contribution in [3.8, 4) is 11.3 Å². The van der Waals surface area contributed by atoms with E-state index in [0.29, 0.717) is 17.9 Å². The molecule has 0 saturated carbocycles. The molecule has 0 aliphatic rings. The van der Waals surface area contributed by atoms with E-state index in [0.717, 1.165) is 28.9 Å².